The van der Waals surface area contributed by atoms with Crippen LogP contribution < -0.4 is 11.1 Å². The Labute approximate surface area is 142 Å². The molecule has 4 N–H and O–H groups in total. The van der Waals surface area contributed by atoms with Gasteiger partial charge in [-0.1, -0.05) is 18.2 Å². The van der Waals surface area contributed by atoms with Crippen LogP contribution in [0.25, 0.3) is 0 Å². The highest BCUT2D eigenvalue weighted by Gasteiger charge is 2.26. The molecule has 0 saturated carbocycles. The molecule has 1 aliphatic rings. The molecular weight excluding hydrogens is 304 g/mol. The molecule has 1 aromatic carbocycles. The number of nitrogens with two attached hydrogens (primary N) is 1. The van der Waals surface area contributed by atoms with Crippen molar-refractivity contribution in [1.29, 1.82) is 0 Å². The fraction of sp³-hybridized carbons (Fsp3) is 0.471. The molecule has 7 nitrogen and oxygen atoms in total. The normalized spacial score (nSPS) is 19.8. The van der Waals surface area contributed by atoms with E-state index in [1.165, 1.54) is 0 Å². The van der Waals surface area contributed by atoms with Gasteiger partial charge in [-0.05, 0) is 44.4 Å². The topological polar surface area (TPSA) is 100 Å². The summed E-state index contributed by atoms with van der Waals surface area (Å²) in [6.07, 6.45) is 2.14. The number of para-hydroxylation sites is 1. The molecule has 0 bridgehead atoms. The number of rotatable bonds is 5. The van der Waals surface area contributed by atoms with Crippen molar-refractivity contribution in [2.75, 3.05) is 30.7 Å². The number of aliphatic hydroxyl groups excluding tert-OH is 1. The van der Waals surface area contributed by atoms with Gasteiger partial charge >= 0.3 is 0 Å². The molecule has 0 aliphatic carbocycles. The number of benzene rings is 1. The molecule has 24 heavy (non-hydrogen) atoms. The third-order valence-electron chi connectivity index (χ3n) is 4.43. The molecule has 1 fully saturated rings. The van der Waals surface area contributed by atoms with Gasteiger partial charge in [0.15, 0.2) is 5.82 Å². The lowest BCUT2D eigenvalue weighted by molar-refractivity contribution is 0.0907. The average Bonchev–Trinajstić information content (AvgIpc) is 2.61. The highest BCUT2D eigenvalue weighted by atomic mass is 16.3. The van der Waals surface area contributed by atoms with Gasteiger partial charge in [-0.2, -0.15) is 15.0 Å². The second kappa shape index (κ2) is 7.55. The number of hydrogen-bond acceptors (Lipinski definition) is 7. The van der Waals surface area contributed by atoms with Gasteiger partial charge in [-0.3, -0.25) is 4.90 Å². The lowest BCUT2D eigenvalue weighted by Crippen LogP contribution is -2.39. The summed E-state index contributed by atoms with van der Waals surface area (Å²) in [5.74, 6) is 1.63. The first-order valence-corrected chi connectivity index (χ1v) is 8.34. The smallest absolute Gasteiger partial charge is 0.232 e. The molecule has 0 radical (unpaired) electrons. The van der Waals surface area contributed by atoms with Crippen LogP contribution in [-0.2, 0) is 0 Å². The zero-order valence-electron chi connectivity index (χ0n) is 13.9. The van der Waals surface area contributed by atoms with Crippen molar-refractivity contribution in [2.24, 2.45) is 5.92 Å². The summed E-state index contributed by atoms with van der Waals surface area (Å²) >= 11 is 0. The van der Waals surface area contributed by atoms with E-state index in [1.807, 2.05) is 30.3 Å². The van der Waals surface area contributed by atoms with Crippen LogP contribution in [0.5, 0.6) is 0 Å². The molecule has 1 aromatic heterocycles. The molecule has 2 heterocycles. The standard InChI is InChI=1S/C17H24N6O/c1-12(23-9-5-6-13(10-23)11-24)15-20-16(18)22-17(21-15)19-14-7-3-2-4-8-14/h2-4,7-8,12-13,24H,5-6,9-11H2,1H3,(H3,18,19,20,21,22). The highest BCUT2D eigenvalue weighted by Crippen LogP contribution is 2.25. The lowest BCUT2D eigenvalue weighted by atomic mass is 9.97. The maximum atomic E-state index is 9.42. The third-order valence-corrected chi connectivity index (χ3v) is 4.43. The largest absolute Gasteiger partial charge is 0.396 e. The van der Waals surface area contributed by atoms with Crippen LogP contribution in [0.2, 0.25) is 0 Å². The molecule has 0 amide bonds. The van der Waals surface area contributed by atoms with Crippen LogP contribution in [0, 0.1) is 5.92 Å². The van der Waals surface area contributed by atoms with Crippen LogP contribution in [0.1, 0.15) is 31.6 Å². The molecule has 1 saturated heterocycles. The van der Waals surface area contributed by atoms with Crippen LogP contribution >= 0.6 is 0 Å². The van der Waals surface area contributed by atoms with Gasteiger partial charge in [-0.25, -0.2) is 0 Å². The van der Waals surface area contributed by atoms with Crippen molar-refractivity contribution >= 4 is 17.6 Å². The highest BCUT2D eigenvalue weighted by molar-refractivity contribution is 5.53. The maximum Gasteiger partial charge on any atom is 0.232 e. The van der Waals surface area contributed by atoms with E-state index in [4.69, 9.17) is 5.73 Å². The summed E-state index contributed by atoms with van der Waals surface area (Å²) in [5, 5.41) is 12.6. The van der Waals surface area contributed by atoms with Gasteiger partial charge in [0.05, 0.1) is 6.04 Å². The SMILES string of the molecule is CC(c1nc(N)nc(Nc2ccccc2)n1)N1CCCC(CO)C1. The van der Waals surface area contributed by atoms with Crippen molar-refractivity contribution in [3.05, 3.63) is 36.2 Å². The second-order valence-corrected chi connectivity index (χ2v) is 6.23. The van der Waals surface area contributed by atoms with Gasteiger partial charge < -0.3 is 16.2 Å². The summed E-state index contributed by atoms with van der Waals surface area (Å²) < 4.78 is 0. The molecule has 3 rings (SSSR count). The summed E-state index contributed by atoms with van der Waals surface area (Å²) in [6, 6.07) is 9.76. The molecule has 2 unspecified atom stereocenters. The number of hydrogen-bond donors (Lipinski definition) is 3. The molecule has 0 spiro atoms. The fourth-order valence-corrected chi connectivity index (χ4v) is 3.06. The predicted octanol–water partition coefficient (Wildman–Crippen LogP) is 1.96. The molecule has 2 atom stereocenters. The minimum Gasteiger partial charge on any atom is -0.396 e. The molecule has 128 valence electrons. The van der Waals surface area contributed by atoms with Crippen molar-refractivity contribution in [3.8, 4) is 0 Å². The van der Waals surface area contributed by atoms with Crippen LogP contribution in [0.3, 0.4) is 0 Å². The Bertz CT molecular complexity index is 665. The van der Waals surface area contributed by atoms with Crippen molar-refractivity contribution in [2.45, 2.75) is 25.8 Å². The molecule has 7 heteroatoms. The number of nitrogens with one attached hydrogen (secondary N) is 1. The Morgan fingerprint density at radius 3 is 2.83 bits per heavy atom. The number of nitrogen functional groups attached to an aromatic ring is 1. The van der Waals surface area contributed by atoms with Gasteiger partial charge in [-0.15, -0.1) is 0 Å². The van der Waals surface area contributed by atoms with Crippen LogP contribution in [0.15, 0.2) is 30.3 Å². The van der Waals surface area contributed by atoms with Crippen molar-refractivity contribution in [3.63, 3.8) is 0 Å². The minimum atomic E-state index is 0.0287. The van der Waals surface area contributed by atoms with Gasteiger partial charge in [0, 0.05) is 18.8 Å². The number of nitrogens with zero attached hydrogens (tertiary/aromatic N) is 4. The van der Waals surface area contributed by atoms with E-state index in [0.29, 0.717) is 17.7 Å². The zero-order valence-corrected chi connectivity index (χ0v) is 13.9. The number of piperidine rings is 1. The Kier molecular flexibility index (Phi) is 5.22. The van der Waals surface area contributed by atoms with Gasteiger partial charge in [0.2, 0.25) is 11.9 Å². The lowest BCUT2D eigenvalue weighted by Gasteiger charge is -2.35. The molecular formula is C17H24N6O. The Morgan fingerprint density at radius 1 is 1.29 bits per heavy atom. The fourth-order valence-electron chi connectivity index (χ4n) is 3.06. The predicted molar refractivity (Wildman–Crippen MR) is 93.8 cm³/mol. The number of aromatic nitrogens is 3. The summed E-state index contributed by atoms with van der Waals surface area (Å²) in [6.45, 7) is 4.12. The first-order chi connectivity index (χ1) is 11.7. The zero-order chi connectivity index (χ0) is 16.9. The van der Waals surface area contributed by atoms with Crippen molar-refractivity contribution < 1.29 is 5.11 Å². The number of aliphatic hydroxyl groups is 1. The Hall–Kier alpha value is -2.25. The monoisotopic (exact) mass is 328 g/mol. The van der Waals surface area contributed by atoms with E-state index in [2.05, 4.69) is 32.1 Å². The first kappa shape index (κ1) is 16.6. The van der Waals surface area contributed by atoms with E-state index in [9.17, 15) is 5.11 Å². The number of likely N-dealkylation sites (tertiary alicyclic amines) is 1. The summed E-state index contributed by atoms with van der Waals surface area (Å²) in [4.78, 5) is 15.3. The maximum absolute atomic E-state index is 9.42. The molecule has 2 aromatic rings. The van der Waals surface area contributed by atoms with E-state index in [1.54, 1.807) is 0 Å². The minimum absolute atomic E-state index is 0.0287. The van der Waals surface area contributed by atoms with E-state index >= 15 is 0 Å². The van der Waals surface area contributed by atoms with Crippen molar-refractivity contribution in [1.82, 2.24) is 19.9 Å². The van der Waals surface area contributed by atoms with Crippen LogP contribution in [0.4, 0.5) is 17.6 Å². The van der Waals surface area contributed by atoms with E-state index in [-0.39, 0.29) is 18.6 Å². The molecule has 1 aliphatic heterocycles. The Morgan fingerprint density at radius 2 is 2.08 bits per heavy atom. The summed E-state index contributed by atoms with van der Waals surface area (Å²) in [5.41, 5.74) is 6.78. The Balaban J connectivity index is 1.77. The number of anilines is 3. The third kappa shape index (κ3) is 3.98. The van der Waals surface area contributed by atoms with E-state index in [0.717, 1.165) is 31.6 Å². The van der Waals surface area contributed by atoms with Gasteiger partial charge in [0.25, 0.3) is 0 Å². The second-order valence-electron chi connectivity index (χ2n) is 6.23. The first-order valence-electron chi connectivity index (χ1n) is 8.34. The average molecular weight is 328 g/mol. The summed E-state index contributed by atoms with van der Waals surface area (Å²) in [7, 11) is 0. The van der Waals surface area contributed by atoms with E-state index < -0.39 is 0 Å². The van der Waals surface area contributed by atoms with Gasteiger partial charge in [0.1, 0.15) is 0 Å². The quantitative estimate of drug-likeness (QED) is 0.771. The van der Waals surface area contributed by atoms with Crippen LogP contribution in [-0.4, -0.2) is 44.7 Å².